The highest BCUT2D eigenvalue weighted by atomic mass is 19.1. The number of imidazole rings is 1. The number of aromatic nitrogens is 4. The molecule has 37 heavy (non-hydrogen) atoms. The van der Waals surface area contributed by atoms with Crippen LogP contribution in [0.4, 0.5) is 20.7 Å². The molecule has 192 valence electrons. The highest BCUT2D eigenvalue weighted by Gasteiger charge is 2.33. The molecular weight excluding hydrogens is 493 g/mol. The number of halogens is 1. The molecule has 0 unspecified atom stereocenters. The third-order valence-electron chi connectivity index (χ3n) is 5.64. The zero-order chi connectivity index (χ0) is 26.1. The molecule has 3 aromatic rings. The van der Waals surface area contributed by atoms with Crippen LogP contribution < -0.4 is 19.7 Å². The molecular formula is C22H20FN7O7. The minimum atomic E-state index is -0.628. The minimum Gasteiger partial charge on any atom is -0.455 e. The fourth-order valence-corrected chi connectivity index (χ4v) is 3.90. The Morgan fingerprint density at radius 2 is 2.11 bits per heavy atom. The summed E-state index contributed by atoms with van der Waals surface area (Å²) in [4.78, 5) is 46.9. The smallest absolute Gasteiger partial charge is 0.414 e. The average molecular weight is 513 g/mol. The van der Waals surface area contributed by atoms with Gasteiger partial charge < -0.3 is 29.6 Å². The molecule has 0 radical (unpaired) electrons. The van der Waals surface area contributed by atoms with Crippen molar-refractivity contribution in [1.29, 1.82) is 0 Å². The van der Waals surface area contributed by atoms with E-state index < -0.39 is 29.0 Å². The minimum absolute atomic E-state index is 0.0254. The van der Waals surface area contributed by atoms with Crippen LogP contribution in [0.3, 0.4) is 0 Å². The lowest BCUT2D eigenvalue weighted by Gasteiger charge is -2.22. The van der Waals surface area contributed by atoms with Gasteiger partial charge in [0, 0.05) is 35.4 Å². The number of ether oxygens (including phenoxy) is 3. The lowest BCUT2D eigenvalue weighted by molar-refractivity contribution is -0.389. The summed E-state index contributed by atoms with van der Waals surface area (Å²) in [6.45, 7) is 2.05. The Bertz CT molecular complexity index is 1360. The van der Waals surface area contributed by atoms with Gasteiger partial charge >= 0.3 is 23.9 Å². The third-order valence-corrected chi connectivity index (χ3v) is 5.64. The van der Waals surface area contributed by atoms with Gasteiger partial charge in [-0.15, -0.1) is 0 Å². The van der Waals surface area contributed by atoms with Crippen LogP contribution >= 0.6 is 0 Å². The Morgan fingerprint density at radius 3 is 2.81 bits per heavy atom. The molecule has 2 aliphatic heterocycles. The molecule has 0 aliphatic carbocycles. The van der Waals surface area contributed by atoms with Crippen molar-refractivity contribution in [3.05, 3.63) is 52.7 Å². The second-order valence-corrected chi connectivity index (χ2v) is 8.31. The Morgan fingerprint density at radius 1 is 1.32 bits per heavy atom. The summed E-state index contributed by atoms with van der Waals surface area (Å²) in [6.07, 6.45) is 2.36. The SMILES string of the molecule is CC(=O)NC[C@H]1CN(c2ccc(-c3cnc(O[C@@H]4COc5nc([N+](=O)[O-])cn5C4)nc3)c(F)c2)C(=O)O1. The monoisotopic (exact) mass is 513 g/mol. The molecule has 2 aliphatic rings. The Labute approximate surface area is 208 Å². The highest BCUT2D eigenvalue weighted by molar-refractivity contribution is 5.90. The average Bonchev–Trinajstić information content (AvgIpc) is 3.46. The second-order valence-electron chi connectivity index (χ2n) is 8.31. The first-order valence-electron chi connectivity index (χ1n) is 11.1. The first-order valence-corrected chi connectivity index (χ1v) is 11.1. The molecule has 14 nitrogen and oxygen atoms in total. The summed E-state index contributed by atoms with van der Waals surface area (Å²) in [5, 5.41) is 13.5. The largest absolute Gasteiger partial charge is 0.455 e. The molecule has 1 fully saturated rings. The first-order chi connectivity index (χ1) is 17.8. The van der Waals surface area contributed by atoms with Gasteiger partial charge in [0.05, 0.1) is 25.3 Å². The highest BCUT2D eigenvalue weighted by Crippen LogP contribution is 2.29. The van der Waals surface area contributed by atoms with Crippen LogP contribution in [0.1, 0.15) is 6.92 Å². The molecule has 2 aromatic heterocycles. The number of hydrogen-bond donors (Lipinski definition) is 1. The molecule has 4 heterocycles. The zero-order valence-corrected chi connectivity index (χ0v) is 19.4. The number of carbonyl (C=O) groups excluding carboxylic acids is 2. The van der Waals surface area contributed by atoms with Crippen molar-refractivity contribution >= 4 is 23.5 Å². The fraction of sp³-hybridized carbons (Fsp3) is 0.318. The molecule has 1 saturated heterocycles. The Hall–Kier alpha value is -4.82. The van der Waals surface area contributed by atoms with Gasteiger partial charge in [0.25, 0.3) is 0 Å². The molecule has 0 bridgehead atoms. The van der Waals surface area contributed by atoms with E-state index in [0.29, 0.717) is 11.3 Å². The molecule has 1 aromatic carbocycles. The van der Waals surface area contributed by atoms with E-state index in [4.69, 9.17) is 14.2 Å². The lowest BCUT2D eigenvalue weighted by Crippen LogP contribution is -2.34. The van der Waals surface area contributed by atoms with Crippen molar-refractivity contribution in [2.75, 3.05) is 24.6 Å². The quantitative estimate of drug-likeness (QED) is 0.363. The second kappa shape index (κ2) is 9.67. The number of nitro groups is 1. The maximum Gasteiger partial charge on any atom is 0.414 e. The summed E-state index contributed by atoms with van der Waals surface area (Å²) in [7, 11) is 0. The summed E-state index contributed by atoms with van der Waals surface area (Å²) >= 11 is 0. The van der Waals surface area contributed by atoms with Crippen molar-refractivity contribution in [2.24, 2.45) is 0 Å². The van der Waals surface area contributed by atoms with E-state index in [0.717, 1.165) is 0 Å². The van der Waals surface area contributed by atoms with E-state index in [1.165, 1.54) is 47.1 Å². The van der Waals surface area contributed by atoms with Crippen LogP contribution in [-0.4, -0.2) is 68.3 Å². The van der Waals surface area contributed by atoms with Gasteiger partial charge in [-0.1, -0.05) is 0 Å². The van der Waals surface area contributed by atoms with Gasteiger partial charge in [-0.3, -0.25) is 14.3 Å². The van der Waals surface area contributed by atoms with Crippen molar-refractivity contribution in [1.82, 2.24) is 24.8 Å². The maximum atomic E-state index is 14.9. The number of carbonyl (C=O) groups is 2. The first kappa shape index (κ1) is 23.9. The van der Waals surface area contributed by atoms with Gasteiger partial charge in [-0.25, -0.2) is 19.2 Å². The van der Waals surface area contributed by atoms with Gasteiger partial charge in [0.1, 0.15) is 24.7 Å². The maximum absolute atomic E-state index is 14.9. The molecule has 1 N–H and O–H groups in total. The Kier molecular flexibility index (Phi) is 6.25. The molecule has 5 rings (SSSR count). The number of fused-ring (bicyclic) bond motifs is 1. The molecule has 2 atom stereocenters. The van der Waals surface area contributed by atoms with Crippen molar-refractivity contribution in [3.8, 4) is 23.1 Å². The van der Waals surface area contributed by atoms with Gasteiger partial charge in [-0.2, -0.15) is 0 Å². The molecule has 0 saturated carbocycles. The van der Waals surface area contributed by atoms with E-state index in [1.807, 2.05) is 0 Å². The van der Waals surface area contributed by atoms with Gasteiger partial charge in [0.15, 0.2) is 6.10 Å². The number of nitrogens with zero attached hydrogens (tertiary/aromatic N) is 6. The summed E-state index contributed by atoms with van der Waals surface area (Å²) < 4.78 is 32.7. The number of benzene rings is 1. The topological polar surface area (TPSA) is 164 Å². The lowest BCUT2D eigenvalue weighted by atomic mass is 10.1. The van der Waals surface area contributed by atoms with E-state index in [9.17, 15) is 24.1 Å². The zero-order valence-electron chi connectivity index (χ0n) is 19.4. The number of hydrogen-bond acceptors (Lipinski definition) is 10. The molecule has 0 spiro atoms. The van der Waals surface area contributed by atoms with Crippen LogP contribution in [0, 0.1) is 15.9 Å². The van der Waals surface area contributed by atoms with Crippen LogP contribution in [0.5, 0.6) is 12.0 Å². The predicted octanol–water partition coefficient (Wildman–Crippen LogP) is 1.69. The van der Waals surface area contributed by atoms with E-state index in [2.05, 4.69) is 20.3 Å². The van der Waals surface area contributed by atoms with Crippen molar-refractivity contribution in [3.63, 3.8) is 0 Å². The summed E-state index contributed by atoms with van der Waals surface area (Å²) in [6, 6.07) is 4.44. The number of cyclic esters (lactones) is 1. The van der Waals surface area contributed by atoms with E-state index in [1.54, 1.807) is 6.07 Å². The number of rotatable bonds is 7. The standard InChI is InChI=1S/C22H20FN7O7/c1-12(31)24-7-15-9-29(22(32)37-15)14-2-3-17(18(23)4-14)13-5-25-20(26-6-13)36-16-8-28-10-19(30(33)34)27-21(28)35-11-16/h2-6,10,15-16H,7-9,11H2,1H3,(H,24,31)/t15-,16-/m0/s1. The Balaban J connectivity index is 1.23. The predicted molar refractivity (Wildman–Crippen MR) is 123 cm³/mol. The van der Waals surface area contributed by atoms with Crippen LogP contribution in [0.25, 0.3) is 11.1 Å². The molecule has 2 amide bonds. The van der Waals surface area contributed by atoms with E-state index >= 15 is 0 Å². The third kappa shape index (κ3) is 5.10. The van der Waals surface area contributed by atoms with E-state index in [-0.39, 0.29) is 55.6 Å². The van der Waals surface area contributed by atoms with Crippen LogP contribution in [-0.2, 0) is 16.1 Å². The number of amides is 2. The summed E-state index contributed by atoms with van der Waals surface area (Å²) in [5.74, 6) is -1.16. The fourth-order valence-electron chi connectivity index (χ4n) is 3.90. The normalized spacial score (nSPS) is 18.5. The van der Waals surface area contributed by atoms with Crippen LogP contribution in [0.15, 0.2) is 36.8 Å². The molecule has 15 heteroatoms. The van der Waals surface area contributed by atoms with Crippen molar-refractivity contribution < 1.29 is 33.1 Å². The van der Waals surface area contributed by atoms with Crippen LogP contribution in [0.2, 0.25) is 0 Å². The van der Waals surface area contributed by atoms with Gasteiger partial charge in [0.2, 0.25) is 5.91 Å². The van der Waals surface area contributed by atoms with Crippen molar-refractivity contribution in [2.45, 2.75) is 25.7 Å². The number of anilines is 1. The number of nitrogens with one attached hydrogen (secondary N) is 1. The van der Waals surface area contributed by atoms with Gasteiger partial charge in [-0.05, 0) is 23.1 Å². The summed E-state index contributed by atoms with van der Waals surface area (Å²) in [5.41, 5.74) is 0.916.